The molecule has 11 heteroatoms. The van der Waals surface area contributed by atoms with E-state index in [1.807, 2.05) is 6.92 Å². The number of ether oxygens (including phenoxy) is 2. The molecule has 2 aliphatic rings. The van der Waals surface area contributed by atoms with Crippen LogP contribution in [0.2, 0.25) is 0 Å². The van der Waals surface area contributed by atoms with Crippen LogP contribution in [0.15, 0.2) is 29.2 Å². The minimum absolute atomic E-state index is 0.0196. The van der Waals surface area contributed by atoms with Crippen molar-refractivity contribution in [1.29, 1.82) is 0 Å². The molecule has 1 amide bonds. The van der Waals surface area contributed by atoms with E-state index in [9.17, 15) is 18.0 Å². The molecule has 1 aromatic carbocycles. The summed E-state index contributed by atoms with van der Waals surface area (Å²) in [4.78, 5) is 25.5. The molecular formula is C25H34N4O6S. The molecule has 1 fully saturated rings. The van der Waals surface area contributed by atoms with Gasteiger partial charge >= 0.3 is 5.97 Å². The Balaban J connectivity index is 1.40. The maximum absolute atomic E-state index is 12.9. The average molecular weight is 519 g/mol. The number of amides is 1. The SMILES string of the molecule is CCn1nc(CCCOC(=O)c2ccc(S(=O)(=O)N(C)C)cc2)c2c1C(=O)NCC1(CCOCC1)C2. The van der Waals surface area contributed by atoms with Crippen molar-refractivity contribution in [2.24, 2.45) is 5.41 Å². The highest BCUT2D eigenvalue weighted by atomic mass is 32.2. The fraction of sp³-hybridized carbons (Fsp3) is 0.560. The third kappa shape index (κ3) is 5.33. The van der Waals surface area contributed by atoms with Gasteiger partial charge in [-0.15, -0.1) is 0 Å². The topological polar surface area (TPSA) is 120 Å². The lowest BCUT2D eigenvalue weighted by Gasteiger charge is -2.36. The predicted molar refractivity (Wildman–Crippen MR) is 132 cm³/mol. The van der Waals surface area contributed by atoms with Crippen LogP contribution in [0.5, 0.6) is 0 Å². The highest BCUT2D eigenvalue weighted by Crippen LogP contribution is 2.37. The van der Waals surface area contributed by atoms with Crippen molar-refractivity contribution in [3.63, 3.8) is 0 Å². The number of aromatic nitrogens is 2. The van der Waals surface area contributed by atoms with Gasteiger partial charge in [-0.3, -0.25) is 9.48 Å². The molecule has 0 unspecified atom stereocenters. The van der Waals surface area contributed by atoms with E-state index in [-0.39, 0.29) is 28.4 Å². The minimum atomic E-state index is -3.56. The van der Waals surface area contributed by atoms with E-state index in [1.165, 1.54) is 38.4 Å². The van der Waals surface area contributed by atoms with Crippen LogP contribution in [-0.2, 0) is 38.9 Å². The summed E-state index contributed by atoms with van der Waals surface area (Å²) < 4.78 is 38.3. The van der Waals surface area contributed by atoms with Gasteiger partial charge in [0.1, 0.15) is 5.69 Å². The summed E-state index contributed by atoms with van der Waals surface area (Å²) >= 11 is 0. The lowest BCUT2D eigenvalue weighted by molar-refractivity contribution is 0.0160. The predicted octanol–water partition coefficient (Wildman–Crippen LogP) is 2.03. The number of fused-ring (bicyclic) bond motifs is 1. The van der Waals surface area contributed by atoms with Crippen LogP contribution < -0.4 is 5.32 Å². The number of nitrogens with zero attached hydrogens (tertiary/aromatic N) is 3. The molecule has 10 nitrogen and oxygen atoms in total. The molecule has 4 rings (SSSR count). The van der Waals surface area contributed by atoms with E-state index in [0.717, 1.165) is 34.8 Å². The van der Waals surface area contributed by atoms with Gasteiger partial charge in [0.05, 0.1) is 22.8 Å². The maximum atomic E-state index is 12.9. The second-order valence-corrected chi connectivity index (χ2v) is 11.8. The number of hydrogen-bond donors (Lipinski definition) is 1. The van der Waals surface area contributed by atoms with E-state index in [2.05, 4.69) is 5.32 Å². The maximum Gasteiger partial charge on any atom is 0.338 e. The zero-order chi connectivity index (χ0) is 25.9. The van der Waals surface area contributed by atoms with Gasteiger partial charge in [-0.25, -0.2) is 17.5 Å². The first-order valence-corrected chi connectivity index (χ1v) is 13.7. The van der Waals surface area contributed by atoms with E-state index in [1.54, 1.807) is 4.68 Å². The normalized spacial score (nSPS) is 17.5. The molecule has 196 valence electrons. The summed E-state index contributed by atoms with van der Waals surface area (Å²) in [5.74, 6) is -0.595. The quantitative estimate of drug-likeness (QED) is 0.419. The van der Waals surface area contributed by atoms with Crippen molar-refractivity contribution in [2.75, 3.05) is 40.5 Å². The molecule has 0 saturated carbocycles. The Morgan fingerprint density at radius 1 is 1.22 bits per heavy atom. The van der Waals surface area contributed by atoms with E-state index < -0.39 is 16.0 Å². The van der Waals surface area contributed by atoms with Crippen LogP contribution >= 0.6 is 0 Å². The summed E-state index contributed by atoms with van der Waals surface area (Å²) in [6.07, 6.45) is 3.72. The van der Waals surface area contributed by atoms with Crippen molar-refractivity contribution in [1.82, 2.24) is 19.4 Å². The number of benzene rings is 1. The monoisotopic (exact) mass is 518 g/mol. The number of carbonyl (C=O) groups excluding carboxylic acids is 2. The molecule has 36 heavy (non-hydrogen) atoms. The van der Waals surface area contributed by atoms with E-state index in [4.69, 9.17) is 14.6 Å². The molecule has 1 saturated heterocycles. The zero-order valence-corrected chi connectivity index (χ0v) is 21.9. The first-order valence-electron chi connectivity index (χ1n) is 12.3. The lowest BCUT2D eigenvalue weighted by Crippen LogP contribution is -2.40. The number of sulfonamides is 1. The van der Waals surface area contributed by atoms with Crippen LogP contribution in [0.4, 0.5) is 0 Å². The molecule has 0 aliphatic carbocycles. The third-order valence-corrected chi connectivity index (χ3v) is 8.87. The average Bonchev–Trinajstić information content (AvgIpc) is 3.15. The Bertz CT molecular complexity index is 1210. The van der Waals surface area contributed by atoms with Crippen molar-refractivity contribution >= 4 is 21.9 Å². The lowest BCUT2D eigenvalue weighted by atomic mass is 9.75. The molecule has 1 N–H and O–H groups in total. The van der Waals surface area contributed by atoms with Crippen LogP contribution in [0, 0.1) is 5.41 Å². The second-order valence-electron chi connectivity index (χ2n) is 9.61. The summed E-state index contributed by atoms with van der Waals surface area (Å²) in [7, 11) is -0.651. The summed E-state index contributed by atoms with van der Waals surface area (Å²) in [5, 5.41) is 7.83. The molecule has 2 aromatic rings. The molecule has 0 bridgehead atoms. The largest absolute Gasteiger partial charge is 0.462 e. The molecule has 2 aliphatic heterocycles. The smallest absolute Gasteiger partial charge is 0.338 e. The van der Waals surface area contributed by atoms with Gasteiger partial charge < -0.3 is 14.8 Å². The van der Waals surface area contributed by atoms with Gasteiger partial charge in [-0.2, -0.15) is 5.10 Å². The third-order valence-electron chi connectivity index (χ3n) is 7.04. The van der Waals surface area contributed by atoms with Crippen LogP contribution in [-0.4, -0.2) is 74.8 Å². The second kappa shape index (κ2) is 10.7. The molecule has 1 aromatic heterocycles. The number of rotatable bonds is 8. The fourth-order valence-corrected chi connectivity index (χ4v) is 5.73. The Morgan fingerprint density at radius 2 is 1.92 bits per heavy atom. The number of aryl methyl sites for hydroxylation is 2. The molecule has 0 atom stereocenters. The van der Waals surface area contributed by atoms with Crippen LogP contribution in [0.1, 0.15) is 58.3 Å². The van der Waals surface area contributed by atoms with Crippen molar-refractivity contribution in [2.45, 2.75) is 50.5 Å². The molecule has 0 radical (unpaired) electrons. The standard InChI is InChI=1S/C25H34N4O6S/c1-4-29-22-20(16-25(17-26-23(22)30)11-14-34-15-12-25)21(27-29)6-5-13-35-24(31)18-7-9-19(10-8-18)36(32,33)28(2)3/h7-10H,4-6,11-17H2,1-3H3,(H,26,30). The van der Waals surface area contributed by atoms with Gasteiger partial charge in [0.2, 0.25) is 10.0 Å². The summed E-state index contributed by atoms with van der Waals surface area (Å²) in [6.45, 7) is 4.78. The Morgan fingerprint density at radius 3 is 2.56 bits per heavy atom. The molecule has 1 spiro atoms. The number of esters is 1. The van der Waals surface area contributed by atoms with E-state index >= 15 is 0 Å². The summed E-state index contributed by atoms with van der Waals surface area (Å²) in [6, 6.07) is 5.70. The van der Waals surface area contributed by atoms with Crippen LogP contribution in [0.25, 0.3) is 0 Å². The van der Waals surface area contributed by atoms with Crippen molar-refractivity contribution in [3.8, 4) is 0 Å². The highest BCUT2D eigenvalue weighted by Gasteiger charge is 2.39. The highest BCUT2D eigenvalue weighted by molar-refractivity contribution is 7.89. The van der Waals surface area contributed by atoms with Gasteiger partial charge in [0.15, 0.2) is 0 Å². The van der Waals surface area contributed by atoms with Gasteiger partial charge in [0, 0.05) is 46.0 Å². The Kier molecular flexibility index (Phi) is 7.82. The first-order chi connectivity index (χ1) is 17.2. The Hall–Kier alpha value is -2.76. The van der Waals surface area contributed by atoms with Crippen molar-refractivity contribution in [3.05, 3.63) is 46.8 Å². The van der Waals surface area contributed by atoms with Gasteiger partial charge in [-0.05, 0) is 68.7 Å². The minimum Gasteiger partial charge on any atom is -0.462 e. The molecule has 3 heterocycles. The number of nitrogens with one attached hydrogen (secondary N) is 1. The summed E-state index contributed by atoms with van der Waals surface area (Å²) in [5.41, 5.74) is 2.78. The van der Waals surface area contributed by atoms with Gasteiger partial charge in [-0.1, -0.05) is 0 Å². The molecular weight excluding hydrogens is 484 g/mol. The fourth-order valence-electron chi connectivity index (χ4n) is 4.83. The first kappa shape index (κ1) is 26.3. The Labute approximate surface area is 212 Å². The van der Waals surface area contributed by atoms with Crippen molar-refractivity contribution < 1.29 is 27.5 Å². The zero-order valence-electron chi connectivity index (χ0n) is 21.1. The van der Waals surface area contributed by atoms with Crippen LogP contribution in [0.3, 0.4) is 0 Å². The number of hydrogen-bond acceptors (Lipinski definition) is 7. The van der Waals surface area contributed by atoms with Gasteiger partial charge in [0.25, 0.3) is 5.91 Å². The van der Waals surface area contributed by atoms with E-state index in [0.29, 0.717) is 44.8 Å². The number of carbonyl (C=O) groups is 2.